The Hall–Kier alpha value is -4.69. The maximum absolute atomic E-state index is 15.1. The van der Waals surface area contributed by atoms with E-state index in [4.69, 9.17) is 0 Å². The lowest BCUT2D eigenvalue weighted by Crippen LogP contribution is -2.14. The fourth-order valence-corrected chi connectivity index (χ4v) is 4.60. The number of pyridine rings is 2. The highest BCUT2D eigenvalue weighted by atomic mass is 32.2. The summed E-state index contributed by atoms with van der Waals surface area (Å²) in [7, 11) is -4.15. The number of fused-ring (bicyclic) bond motifs is 1. The van der Waals surface area contributed by atoms with Gasteiger partial charge in [0.2, 0.25) is 0 Å². The van der Waals surface area contributed by atoms with E-state index in [1.54, 1.807) is 25.1 Å². The van der Waals surface area contributed by atoms with Crippen molar-refractivity contribution >= 4 is 26.7 Å². The van der Waals surface area contributed by atoms with Gasteiger partial charge in [-0.25, -0.2) is 26.6 Å². The smallest absolute Gasteiger partial charge is 0.263 e. The largest absolute Gasteiger partial charge is 0.277 e. The summed E-state index contributed by atoms with van der Waals surface area (Å²) in [5, 5.41) is 7.62. The fraction of sp³-hybridized carbons (Fsp3) is 0.0385. The number of nitrogens with one attached hydrogen (secondary N) is 2. The molecule has 184 valence electrons. The molecule has 0 saturated heterocycles. The Morgan fingerprint density at radius 2 is 1.78 bits per heavy atom. The summed E-state index contributed by atoms with van der Waals surface area (Å²) in [5.74, 6) is 2.62. The van der Waals surface area contributed by atoms with Crippen molar-refractivity contribution in [2.75, 3.05) is 4.72 Å². The lowest BCUT2D eigenvalue weighted by atomic mass is 10.1. The van der Waals surface area contributed by atoms with E-state index in [1.165, 1.54) is 30.6 Å². The van der Waals surface area contributed by atoms with Crippen LogP contribution in [-0.4, -0.2) is 28.6 Å². The Morgan fingerprint density at radius 3 is 2.54 bits per heavy atom. The van der Waals surface area contributed by atoms with Gasteiger partial charge in [-0.05, 0) is 61.0 Å². The van der Waals surface area contributed by atoms with Crippen LogP contribution in [0.5, 0.6) is 0 Å². The number of nitrogens with zero attached hydrogens (tertiary/aromatic N) is 3. The minimum atomic E-state index is -4.15. The molecule has 3 aromatic heterocycles. The molecule has 2 N–H and O–H groups in total. The van der Waals surface area contributed by atoms with Crippen LogP contribution in [0.15, 0.2) is 72.0 Å². The first-order valence-electron chi connectivity index (χ1n) is 10.8. The first kappa shape index (κ1) is 24.0. The second kappa shape index (κ2) is 9.40. The highest BCUT2D eigenvalue weighted by molar-refractivity contribution is 7.92. The zero-order valence-corrected chi connectivity index (χ0v) is 19.9. The fourth-order valence-electron chi connectivity index (χ4n) is 3.57. The number of rotatable bonds is 4. The van der Waals surface area contributed by atoms with Crippen LogP contribution in [0.4, 0.5) is 18.9 Å². The van der Waals surface area contributed by atoms with Crippen molar-refractivity contribution in [3.63, 3.8) is 0 Å². The lowest BCUT2D eigenvalue weighted by molar-refractivity contribution is 0.578. The molecule has 0 saturated carbocycles. The first-order chi connectivity index (χ1) is 17.7. The van der Waals surface area contributed by atoms with Crippen molar-refractivity contribution in [3.8, 4) is 23.1 Å². The van der Waals surface area contributed by atoms with Gasteiger partial charge in [-0.3, -0.25) is 14.8 Å². The van der Waals surface area contributed by atoms with Gasteiger partial charge < -0.3 is 0 Å². The second-order valence-electron chi connectivity index (χ2n) is 7.98. The predicted octanol–water partition coefficient (Wildman–Crippen LogP) is 4.95. The standard InChI is InChI=1S/C26H16F3N5O2S/c1-15-11-17(5-7-21(15)27)25-20-12-16(13-31-26(20)33-32-25)4-6-19-22(28)8-9-23(24(19)29)34-37(35,36)18-3-2-10-30-14-18/h2-3,5,7-14,34H,1H3,(H,31,32,33). The van der Waals surface area contributed by atoms with E-state index >= 15 is 4.39 Å². The van der Waals surface area contributed by atoms with Crippen LogP contribution in [0.1, 0.15) is 16.7 Å². The molecule has 2 aromatic carbocycles. The predicted molar refractivity (Wildman–Crippen MR) is 131 cm³/mol. The van der Waals surface area contributed by atoms with Crippen LogP contribution in [-0.2, 0) is 10.0 Å². The number of aromatic nitrogens is 4. The van der Waals surface area contributed by atoms with Crippen LogP contribution in [0.2, 0.25) is 0 Å². The number of benzene rings is 2. The van der Waals surface area contributed by atoms with Gasteiger partial charge in [-0.15, -0.1) is 0 Å². The number of H-pyrrole nitrogens is 1. The zero-order chi connectivity index (χ0) is 26.2. The molecule has 0 unspecified atom stereocenters. The van der Waals surface area contributed by atoms with E-state index in [0.717, 1.165) is 18.3 Å². The normalized spacial score (nSPS) is 11.2. The third-order valence-electron chi connectivity index (χ3n) is 5.46. The molecule has 0 spiro atoms. The molecule has 0 aliphatic rings. The van der Waals surface area contributed by atoms with E-state index in [1.807, 2.05) is 0 Å². The zero-order valence-electron chi connectivity index (χ0n) is 19.1. The minimum absolute atomic E-state index is 0.182. The Morgan fingerprint density at radius 1 is 0.973 bits per heavy atom. The molecule has 7 nitrogen and oxygen atoms in total. The summed E-state index contributed by atoms with van der Waals surface area (Å²) in [4.78, 5) is 7.80. The molecular formula is C26H16F3N5O2S. The first-order valence-corrected chi connectivity index (χ1v) is 12.2. The van der Waals surface area contributed by atoms with Gasteiger partial charge in [0, 0.05) is 35.1 Å². The summed E-state index contributed by atoms with van der Waals surface area (Å²) in [6.45, 7) is 1.64. The van der Waals surface area contributed by atoms with Crippen molar-refractivity contribution in [1.82, 2.24) is 20.2 Å². The number of aromatic amines is 1. The number of sulfonamides is 1. The average molecular weight is 520 g/mol. The molecule has 11 heteroatoms. The Balaban J connectivity index is 1.50. The maximum Gasteiger partial charge on any atom is 0.263 e. The number of aryl methyl sites for hydroxylation is 1. The van der Waals surface area contributed by atoms with Crippen LogP contribution in [0.3, 0.4) is 0 Å². The van der Waals surface area contributed by atoms with Crippen molar-refractivity contribution in [1.29, 1.82) is 0 Å². The maximum atomic E-state index is 15.1. The van der Waals surface area contributed by atoms with Gasteiger partial charge in [0.05, 0.1) is 11.3 Å². The van der Waals surface area contributed by atoms with E-state index in [0.29, 0.717) is 33.4 Å². The Bertz CT molecular complexity index is 1830. The van der Waals surface area contributed by atoms with Crippen molar-refractivity contribution in [2.24, 2.45) is 0 Å². The van der Waals surface area contributed by atoms with Gasteiger partial charge in [0.15, 0.2) is 11.5 Å². The summed E-state index contributed by atoms with van der Waals surface area (Å²) in [6, 6.07) is 10.8. The molecular weight excluding hydrogens is 503 g/mol. The average Bonchev–Trinajstić information content (AvgIpc) is 3.31. The molecule has 3 heterocycles. The lowest BCUT2D eigenvalue weighted by Gasteiger charge is -2.10. The monoisotopic (exact) mass is 519 g/mol. The SMILES string of the molecule is Cc1cc(-c2n[nH]c3ncc(C#Cc4c(F)ccc(NS(=O)(=O)c5cccnc5)c4F)cc23)ccc1F. The topological polar surface area (TPSA) is 101 Å². The van der Waals surface area contributed by atoms with Crippen LogP contribution in [0, 0.1) is 36.2 Å². The third-order valence-corrected chi connectivity index (χ3v) is 6.81. The van der Waals surface area contributed by atoms with Gasteiger partial charge in [0.1, 0.15) is 22.2 Å². The van der Waals surface area contributed by atoms with E-state index in [-0.39, 0.29) is 10.7 Å². The van der Waals surface area contributed by atoms with Crippen molar-refractivity contribution in [2.45, 2.75) is 11.8 Å². The summed E-state index contributed by atoms with van der Waals surface area (Å²) < 4.78 is 70.4. The van der Waals surface area contributed by atoms with E-state index < -0.39 is 32.9 Å². The number of hydrogen-bond donors (Lipinski definition) is 2. The quantitative estimate of drug-likeness (QED) is 0.328. The Labute approximate surface area is 209 Å². The molecule has 37 heavy (non-hydrogen) atoms. The molecule has 5 rings (SSSR count). The summed E-state index contributed by atoms with van der Waals surface area (Å²) >= 11 is 0. The highest BCUT2D eigenvalue weighted by Crippen LogP contribution is 2.28. The molecule has 5 aromatic rings. The summed E-state index contributed by atoms with van der Waals surface area (Å²) in [6.07, 6.45) is 3.90. The highest BCUT2D eigenvalue weighted by Gasteiger charge is 2.19. The van der Waals surface area contributed by atoms with E-state index in [2.05, 4.69) is 36.7 Å². The number of anilines is 1. The van der Waals surface area contributed by atoms with Crippen LogP contribution < -0.4 is 4.72 Å². The van der Waals surface area contributed by atoms with E-state index in [9.17, 15) is 17.2 Å². The van der Waals surface area contributed by atoms with Crippen LogP contribution in [0.25, 0.3) is 22.3 Å². The molecule has 0 bridgehead atoms. The van der Waals surface area contributed by atoms with Gasteiger partial charge in [-0.1, -0.05) is 11.8 Å². The van der Waals surface area contributed by atoms with Gasteiger partial charge in [-0.2, -0.15) is 5.10 Å². The molecule has 0 atom stereocenters. The van der Waals surface area contributed by atoms with Crippen molar-refractivity contribution < 1.29 is 21.6 Å². The molecule has 0 amide bonds. The molecule has 0 aliphatic heterocycles. The van der Waals surface area contributed by atoms with Gasteiger partial charge >= 0.3 is 0 Å². The number of halogens is 3. The minimum Gasteiger partial charge on any atom is -0.277 e. The third kappa shape index (κ3) is 4.74. The van der Waals surface area contributed by atoms with Gasteiger partial charge in [0.25, 0.3) is 10.0 Å². The number of hydrogen-bond acceptors (Lipinski definition) is 5. The molecule has 0 radical (unpaired) electrons. The summed E-state index contributed by atoms with van der Waals surface area (Å²) in [5.41, 5.74) is 1.31. The second-order valence-corrected chi connectivity index (χ2v) is 9.67. The van der Waals surface area contributed by atoms with Crippen LogP contribution >= 0.6 is 0 Å². The Kier molecular flexibility index (Phi) is 6.11. The molecule has 0 aliphatic carbocycles. The van der Waals surface area contributed by atoms with Crippen molar-refractivity contribution in [3.05, 3.63) is 101 Å². The molecule has 0 fully saturated rings.